The van der Waals surface area contributed by atoms with Crippen molar-refractivity contribution in [3.05, 3.63) is 23.0 Å². The minimum atomic E-state index is -0.283. The Bertz CT molecular complexity index is 810. The summed E-state index contributed by atoms with van der Waals surface area (Å²) in [6, 6.07) is 0. The summed E-state index contributed by atoms with van der Waals surface area (Å²) >= 11 is 0. The molecule has 1 N–H and O–H groups in total. The molecule has 0 bridgehead atoms. The van der Waals surface area contributed by atoms with Crippen LogP contribution < -0.4 is 0 Å². The standard InChI is InChI=1S/C26H40N2O/c1-5-28-17(2)19(16-27-28)14-18-15-23-21-10-9-20-8-6-7-12-25(20,3)22(21)11-13-26(23,4)24(18)29/h14,16,20-24,29H,5-13,15H2,1-4H3. The first-order chi connectivity index (χ1) is 13.9. The fourth-order valence-electron chi connectivity index (χ4n) is 8.42. The highest BCUT2D eigenvalue weighted by Crippen LogP contribution is 2.67. The van der Waals surface area contributed by atoms with Crippen molar-refractivity contribution < 1.29 is 5.11 Å². The Labute approximate surface area is 177 Å². The van der Waals surface area contributed by atoms with Crippen LogP contribution in [0.5, 0.6) is 0 Å². The van der Waals surface area contributed by atoms with E-state index in [4.69, 9.17) is 0 Å². The topological polar surface area (TPSA) is 38.0 Å². The molecule has 0 aromatic carbocycles. The Morgan fingerprint density at radius 3 is 2.69 bits per heavy atom. The molecular formula is C26H40N2O. The fraction of sp³-hybridized carbons (Fsp3) is 0.808. The fourth-order valence-corrected chi connectivity index (χ4v) is 8.42. The molecule has 4 fully saturated rings. The van der Waals surface area contributed by atoms with Gasteiger partial charge in [-0.15, -0.1) is 0 Å². The van der Waals surface area contributed by atoms with Crippen LogP contribution in [0.2, 0.25) is 0 Å². The van der Waals surface area contributed by atoms with Gasteiger partial charge >= 0.3 is 0 Å². The number of nitrogens with zero attached hydrogens (tertiary/aromatic N) is 2. The lowest BCUT2D eigenvalue weighted by molar-refractivity contribution is -0.119. The number of hydrogen-bond acceptors (Lipinski definition) is 2. The molecule has 160 valence electrons. The SMILES string of the molecule is CCn1ncc(C=C2CC3C4CCC5CCCCC5(C)C4CCC3(C)C2O)c1C. The van der Waals surface area contributed by atoms with E-state index in [0.29, 0.717) is 11.3 Å². The average Bonchev–Trinajstić information content (AvgIpc) is 3.19. The summed E-state index contributed by atoms with van der Waals surface area (Å²) in [5, 5.41) is 16.0. The summed E-state index contributed by atoms with van der Waals surface area (Å²) in [4.78, 5) is 0. The van der Waals surface area contributed by atoms with Crippen molar-refractivity contribution >= 4 is 6.08 Å². The molecule has 3 heteroatoms. The van der Waals surface area contributed by atoms with Crippen molar-refractivity contribution in [1.29, 1.82) is 0 Å². The van der Waals surface area contributed by atoms with E-state index in [2.05, 4.69) is 43.6 Å². The van der Waals surface area contributed by atoms with Gasteiger partial charge in [0, 0.05) is 23.2 Å². The normalized spacial score (nSPS) is 45.7. The Kier molecular flexibility index (Phi) is 4.77. The van der Waals surface area contributed by atoms with Gasteiger partial charge in [-0.1, -0.05) is 26.7 Å². The molecule has 3 nitrogen and oxygen atoms in total. The van der Waals surface area contributed by atoms with Gasteiger partial charge in [-0.25, -0.2) is 0 Å². The van der Waals surface area contributed by atoms with E-state index in [1.54, 1.807) is 0 Å². The third-order valence-electron chi connectivity index (χ3n) is 10.2. The summed E-state index contributed by atoms with van der Waals surface area (Å²) in [6.07, 6.45) is 16.3. The Morgan fingerprint density at radius 1 is 1.10 bits per heavy atom. The maximum Gasteiger partial charge on any atom is 0.0809 e. The van der Waals surface area contributed by atoms with Gasteiger partial charge in [0.25, 0.3) is 0 Å². The monoisotopic (exact) mass is 396 g/mol. The van der Waals surface area contributed by atoms with E-state index in [1.165, 1.54) is 68.2 Å². The van der Waals surface area contributed by atoms with Gasteiger partial charge in [-0.2, -0.15) is 5.10 Å². The zero-order valence-corrected chi connectivity index (χ0v) is 19.0. The van der Waals surface area contributed by atoms with E-state index in [9.17, 15) is 5.11 Å². The summed E-state index contributed by atoms with van der Waals surface area (Å²) in [5.41, 5.74) is 4.33. The molecule has 29 heavy (non-hydrogen) atoms. The molecule has 1 heterocycles. The van der Waals surface area contributed by atoms with E-state index in [-0.39, 0.29) is 11.5 Å². The van der Waals surface area contributed by atoms with Crippen molar-refractivity contribution in [2.75, 3.05) is 0 Å². The smallest absolute Gasteiger partial charge is 0.0809 e. The number of aromatic nitrogens is 2. The molecule has 7 unspecified atom stereocenters. The number of aliphatic hydroxyl groups is 1. The second kappa shape index (κ2) is 6.97. The van der Waals surface area contributed by atoms with Crippen LogP contribution in [0, 0.1) is 41.4 Å². The predicted octanol–water partition coefficient (Wildman–Crippen LogP) is 6.00. The molecule has 4 aliphatic rings. The highest BCUT2D eigenvalue weighted by Gasteiger charge is 2.60. The van der Waals surface area contributed by atoms with Crippen LogP contribution in [-0.4, -0.2) is 21.0 Å². The molecular weight excluding hydrogens is 356 g/mol. The van der Waals surface area contributed by atoms with Crippen LogP contribution >= 0.6 is 0 Å². The maximum atomic E-state index is 11.5. The molecule has 1 aromatic heterocycles. The van der Waals surface area contributed by atoms with Crippen LogP contribution in [0.15, 0.2) is 11.8 Å². The number of aliphatic hydroxyl groups excluding tert-OH is 1. The minimum absolute atomic E-state index is 0.0690. The Hall–Kier alpha value is -1.09. The third-order valence-corrected chi connectivity index (χ3v) is 10.2. The molecule has 4 aliphatic carbocycles. The van der Waals surface area contributed by atoms with Gasteiger partial charge in [0.2, 0.25) is 0 Å². The minimum Gasteiger partial charge on any atom is -0.388 e. The lowest BCUT2D eigenvalue weighted by Gasteiger charge is -2.60. The lowest BCUT2D eigenvalue weighted by Crippen LogP contribution is -2.53. The quantitative estimate of drug-likeness (QED) is 0.666. The number of aryl methyl sites for hydroxylation is 1. The van der Waals surface area contributed by atoms with Gasteiger partial charge < -0.3 is 5.11 Å². The predicted molar refractivity (Wildman–Crippen MR) is 118 cm³/mol. The molecule has 1 aromatic rings. The molecule has 4 saturated carbocycles. The Morgan fingerprint density at radius 2 is 1.93 bits per heavy atom. The van der Waals surface area contributed by atoms with Crippen LogP contribution in [-0.2, 0) is 6.54 Å². The molecule has 0 saturated heterocycles. The highest BCUT2D eigenvalue weighted by atomic mass is 16.3. The third kappa shape index (κ3) is 2.82. The highest BCUT2D eigenvalue weighted by molar-refractivity contribution is 5.57. The van der Waals surface area contributed by atoms with Crippen molar-refractivity contribution in [3.8, 4) is 0 Å². The Balaban J connectivity index is 1.45. The lowest BCUT2D eigenvalue weighted by atomic mass is 9.45. The number of rotatable bonds is 2. The van der Waals surface area contributed by atoms with Crippen LogP contribution in [0.3, 0.4) is 0 Å². The first kappa shape index (κ1) is 19.8. The zero-order valence-electron chi connectivity index (χ0n) is 19.0. The second-order valence-corrected chi connectivity index (χ2v) is 11.3. The van der Waals surface area contributed by atoms with Gasteiger partial charge in [-0.05, 0) is 99.5 Å². The summed E-state index contributed by atoms with van der Waals surface area (Å²) in [6.45, 7) is 10.2. The van der Waals surface area contributed by atoms with Crippen LogP contribution in [0.1, 0.15) is 89.8 Å². The average molecular weight is 397 g/mol. The second-order valence-electron chi connectivity index (χ2n) is 11.3. The first-order valence-corrected chi connectivity index (χ1v) is 12.3. The molecule has 0 amide bonds. The van der Waals surface area contributed by atoms with E-state index >= 15 is 0 Å². The van der Waals surface area contributed by atoms with Crippen LogP contribution in [0.25, 0.3) is 6.08 Å². The van der Waals surface area contributed by atoms with Gasteiger partial charge in [-0.3, -0.25) is 4.68 Å². The van der Waals surface area contributed by atoms with E-state index in [0.717, 1.165) is 30.7 Å². The molecule has 0 spiro atoms. The van der Waals surface area contributed by atoms with Gasteiger partial charge in [0.15, 0.2) is 0 Å². The summed E-state index contributed by atoms with van der Waals surface area (Å²) in [7, 11) is 0. The van der Waals surface area contributed by atoms with E-state index < -0.39 is 0 Å². The molecule has 0 aliphatic heterocycles. The summed E-state index contributed by atoms with van der Waals surface area (Å²) in [5.74, 6) is 3.32. The van der Waals surface area contributed by atoms with Gasteiger partial charge in [0.05, 0.1) is 12.3 Å². The van der Waals surface area contributed by atoms with Gasteiger partial charge in [0.1, 0.15) is 0 Å². The summed E-state index contributed by atoms with van der Waals surface area (Å²) < 4.78 is 2.06. The van der Waals surface area contributed by atoms with Crippen molar-refractivity contribution in [2.24, 2.45) is 34.5 Å². The number of fused-ring (bicyclic) bond motifs is 5. The van der Waals surface area contributed by atoms with Crippen LogP contribution in [0.4, 0.5) is 0 Å². The first-order valence-electron chi connectivity index (χ1n) is 12.3. The van der Waals surface area contributed by atoms with Crippen molar-refractivity contribution in [3.63, 3.8) is 0 Å². The largest absolute Gasteiger partial charge is 0.388 e. The van der Waals surface area contributed by atoms with E-state index in [1.807, 2.05) is 6.20 Å². The van der Waals surface area contributed by atoms with Crippen molar-refractivity contribution in [1.82, 2.24) is 9.78 Å². The van der Waals surface area contributed by atoms with Crippen molar-refractivity contribution in [2.45, 2.75) is 98.1 Å². The zero-order chi connectivity index (χ0) is 20.4. The maximum absolute atomic E-state index is 11.5. The molecule has 7 atom stereocenters. The molecule has 5 rings (SSSR count). The molecule has 0 radical (unpaired) electrons. The number of hydrogen-bond donors (Lipinski definition) is 1.